The maximum Gasteiger partial charge on any atom is 0.137 e. The Morgan fingerprint density at radius 2 is 2.17 bits per heavy atom. The third-order valence-electron chi connectivity index (χ3n) is 3.35. The highest BCUT2D eigenvalue weighted by Gasteiger charge is 2.27. The Balaban J connectivity index is 2.28. The topological polar surface area (TPSA) is 21.3 Å². The van der Waals surface area contributed by atoms with Gasteiger partial charge in [-0.3, -0.25) is 0 Å². The summed E-state index contributed by atoms with van der Waals surface area (Å²) in [7, 11) is 1.76. The maximum absolute atomic E-state index is 13.9. The summed E-state index contributed by atoms with van der Waals surface area (Å²) < 4.78 is 33.1. The molecule has 2 rings (SSSR count). The Bertz CT molecular complexity index is 422. The van der Waals surface area contributed by atoms with E-state index < -0.39 is 11.6 Å². The highest BCUT2D eigenvalue weighted by molar-refractivity contribution is 9.10. The number of hydrogen-bond acceptors (Lipinski definition) is 2. The van der Waals surface area contributed by atoms with Gasteiger partial charge in [0.25, 0.3) is 0 Å². The molecule has 0 amide bonds. The Morgan fingerprint density at radius 3 is 2.78 bits per heavy atom. The van der Waals surface area contributed by atoms with E-state index in [1.54, 1.807) is 7.05 Å². The molecular weight excluding hydrogens is 304 g/mol. The van der Waals surface area contributed by atoms with Gasteiger partial charge in [0, 0.05) is 24.1 Å². The fourth-order valence-electron chi connectivity index (χ4n) is 2.45. The molecule has 0 spiro atoms. The van der Waals surface area contributed by atoms with E-state index in [9.17, 15) is 8.78 Å². The zero-order valence-corrected chi connectivity index (χ0v) is 11.8. The first kappa shape index (κ1) is 13.9. The summed E-state index contributed by atoms with van der Waals surface area (Å²) >= 11 is 2.99. The van der Waals surface area contributed by atoms with Crippen LogP contribution in [0.3, 0.4) is 0 Å². The molecular formula is C13H16BrF2NO. The van der Waals surface area contributed by atoms with Gasteiger partial charge in [0.1, 0.15) is 11.6 Å². The summed E-state index contributed by atoms with van der Waals surface area (Å²) in [5, 5.41) is 3.07. The predicted molar refractivity (Wildman–Crippen MR) is 69.4 cm³/mol. The molecule has 100 valence electrons. The average molecular weight is 320 g/mol. The molecule has 1 aliphatic rings. The second-order valence-corrected chi connectivity index (χ2v) is 5.39. The van der Waals surface area contributed by atoms with Gasteiger partial charge in [-0.05, 0) is 48.0 Å². The van der Waals surface area contributed by atoms with E-state index >= 15 is 0 Å². The molecule has 0 bridgehead atoms. The molecule has 1 aromatic rings. The van der Waals surface area contributed by atoms with Crippen LogP contribution in [0, 0.1) is 17.6 Å². The SMILES string of the molecule is CNC(c1cc(F)c(Br)cc1F)C1CCCOC1. The van der Waals surface area contributed by atoms with Crippen molar-refractivity contribution in [2.24, 2.45) is 5.92 Å². The average Bonchev–Trinajstić information content (AvgIpc) is 2.38. The molecule has 1 N–H and O–H groups in total. The summed E-state index contributed by atoms with van der Waals surface area (Å²) in [4.78, 5) is 0. The van der Waals surface area contributed by atoms with Crippen molar-refractivity contribution in [3.8, 4) is 0 Å². The number of ether oxygens (including phenoxy) is 1. The van der Waals surface area contributed by atoms with E-state index in [1.165, 1.54) is 12.1 Å². The minimum Gasteiger partial charge on any atom is -0.381 e. The number of rotatable bonds is 3. The standard InChI is InChI=1S/C13H16BrF2NO/c1-17-13(8-3-2-4-18-7-8)9-5-12(16)10(14)6-11(9)15/h5-6,8,13,17H,2-4,7H2,1H3. The smallest absolute Gasteiger partial charge is 0.137 e. The zero-order chi connectivity index (χ0) is 13.1. The molecule has 18 heavy (non-hydrogen) atoms. The lowest BCUT2D eigenvalue weighted by atomic mass is 9.88. The highest BCUT2D eigenvalue weighted by atomic mass is 79.9. The Morgan fingerprint density at radius 1 is 1.39 bits per heavy atom. The molecule has 0 radical (unpaired) electrons. The van der Waals surface area contributed by atoms with Crippen molar-refractivity contribution < 1.29 is 13.5 Å². The maximum atomic E-state index is 13.9. The molecule has 1 aliphatic heterocycles. The third kappa shape index (κ3) is 2.90. The van der Waals surface area contributed by atoms with Gasteiger partial charge in [0.2, 0.25) is 0 Å². The van der Waals surface area contributed by atoms with Crippen LogP contribution >= 0.6 is 15.9 Å². The van der Waals surface area contributed by atoms with Gasteiger partial charge in [-0.2, -0.15) is 0 Å². The summed E-state index contributed by atoms with van der Waals surface area (Å²) in [5.74, 6) is -0.657. The summed E-state index contributed by atoms with van der Waals surface area (Å²) in [6, 6.07) is 2.22. The first-order valence-corrected chi connectivity index (χ1v) is 6.82. The molecule has 0 saturated carbocycles. The summed E-state index contributed by atoms with van der Waals surface area (Å²) in [5.41, 5.74) is 0.369. The van der Waals surface area contributed by atoms with Crippen molar-refractivity contribution in [1.82, 2.24) is 5.32 Å². The molecule has 2 atom stereocenters. The molecule has 1 fully saturated rings. The van der Waals surface area contributed by atoms with Gasteiger partial charge >= 0.3 is 0 Å². The van der Waals surface area contributed by atoms with Crippen LogP contribution in [-0.2, 0) is 4.74 Å². The highest BCUT2D eigenvalue weighted by Crippen LogP contribution is 2.32. The van der Waals surface area contributed by atoms with Crippen LogP contribution in [0.2, 0.25) is 0 Å². The fraction of sp³-hybridized carbons (Fsp3) is 0.538. The lowest BCUT2D eigenvalue weighted by Crippen LogP contribution is -2.32. The van der Waals surface area contributed by atoms with Crippen LogP contribution in [-0.4, -0.2) is 20.3 Å². The molecule has 1 aromatic carbocycles. The quantitative estimate of drug-likeness (QED) is 0.862. The molecule has 0 aromatic heterocycles. The van der Waals surface area contributed by atoms with Crippen LogP contribution in [0.15, 0.2) is 16.6 Å². The van der Waals surface area contributed by atoms with E-state index in [0.717, 1.165) is 19.4 Å². The summed E-state index contributed by atoms with van der Waals surface area (Å²) in [6.07, 6.45) is 1.92. The molecule has 5 heteroatoms. The van der Waals surface area contributed by atoms with Crippen LogP contribution < -0.4 is 5.32 Å². The number of halogens is 3. The molecule has 2 unspecified atom stereocenters. The molecule has 0 aliphatic carbocycles. The normalized spacial score (nSPS) is 21.9. The van der Waals surface area contributed by atoms with E-state index in [2.05, 4.69) is 21.2 Å². The molecule has 2 nitrogen and oxygen atoms in total. The van der Waals surface area contributed by atoms with Crippen LogP contribution in [0.5, 0.6) is 0 Å². The van der Waals surface area contributed by atoms with Gasteiger partial charge in [-0.15, -0.1) is 0 Å². The van der Waals surface area contributed by atoms with Crippen molar-refractivity contribution in [2.75, 3.05) is 20.3 Å². The van der Waals surface area contributed by atoms with E-state index in [4.69, 9.17) is 4.74 Å². The van der Waals surface area contributed by atoms with Gasteiger partial charge in [0.05, 0.1) is 11.1 Å². The first-order chi connectivity index (χ1) is 8.63. The predicted octanol–water partition coefficient (Wildman–Crippen LogP) is 3.41. The van der Waals surface area contributed by atoms with E-state index in [1.807, 2.05) is 0 Å². The second-order valence-electron chi connectivity index (χ2n) is 4.53. The Kier molecular flexibility index (Phi) is 4.70. The van der Waals surface area contributed by atoms with E-state index in [-0.39, 0.29) is 16.4 Å². The minimum atomic E-state index is -0.441. The Hall–Kier alpha value is -0.520. The van der Waals surface area contributed by atoms with Crippen molar-refractivity contribution in [3.63, 3.8) is 0 Å². The fourth-order valence-corrected chi connectivity index (χ4v) is 2.77. The molecule has 1 saturated heterocycles. The van der Waals surface area contributed by atoms with Crippen molar-refractivity contribution in [2.45, 2.75) is 18.9 Å². The number of hydrogen-bond donors (Lipinski definition) is 1. The largest absolute Gasteiger partial charge is 0.381 e. The Labute approximate surface area is 114 Å². The lowest BCUT2D eigenvalue weighted by Gasteiger charge is -2.30. The van der Waals surface area contributed by atoms with Crippen LogP contribution in [0.4, 0.5) is 8.78 Å². The van der Waals surface area contributed by atoms with Crippen LogP contribution in [0.25, 0.3) is 0 Å². The third-order valence-corrected chi connectivity index (χ3v) is 3.96. The first-order valence-electron chi connectivity index (χ1n) is 6.03. The minimum absolute atomic E-state index is 0.151. The monoisotopic (exact) mass is 319 g/mol. The van der Waals surface area contributed by atoms with Gasteiger partial charge in [0.15, 0.2) is 0 Å². The van der Waals surface area contributed by atoms with Crippen molar-refractivity contribution >= 4 is 15.9 Å². The van der Waals surface area contributed by atoms with Gasteiger partial charge in [-0.1, -0.05) is 0 Å². The van der Waals surface area contributed by atoms with Crippen molar-refractivity contribution in [3.05, 3.63) is 33.8 Å². The zero-order valence-electron chi connectivity index (χ0n) is 10.2. The summed E-state index contributed by atoms with van der Waals surface area (Å²) in [6.45, 7) is 1.34. The lowest BCUT2D eigenvalue weighted by molar-refractivity contribution is 0.0396. The van der Waals surface area contributed by atoms with Gasteiger partial charge in [-0.25, -0.2) is 8.78 Å². The van der Waals surface area contributed by atoms with Crippen molar-refractivity contribution in [1.29, 1.82) is 0 Å². The van der Waals surface area contributed by atoms with E-state index in [0.29, 0.717) is 12.2 Å². The second kappa shape index (κ2) is 6.08. The molecule has 1 heterocycles. The number of nitrogens with one attached hydrogen (secondary N) is 1. The van der Waals surface area contributed by atoms with Gasteiger partial charge < -0.3 is 10.1 Å². The van der Waals surface area contributed by atoms with Crippen LogP contribution in [0.1, 0.15) is 24.4 Å². The number of benzene rings is 1.